The maximum Gasteiger partial charge on any atom is 0.414 e. The molecule has 0 radical (unpaired) electrons. The van der Waals surface area contributed by atoms with Crippen molar-refractivity contribution in [3.8, 4) is 0 Å². The number of carbonyl (C=O) groups is 2. The molecule has 2 aliphatic rings. The SMILES string of the molecule is COC(=O)[C@@H]1[C@H]2C=CN(C(=O)OC(C)(C)C)[C@H]21. The van der Waals surface area contributed by atoms with Gasteiger partial charge >= 0.3 is 12.1 Å². The molecule has 5 nitrogen and oxygen atoms in total. The van der Waals surface area contributed by atoms with Gasteiger partial charge in [0.25, 0.3) is 0 Å². The van der Waals surface area contributed by atoms with Crippen LogP contribution in [-0.4, -0.2) is 35.7 Å². The predicted octanol–water partition coefficient (Wildman–Crippen LogP) is 1.54. The third-order valence-electron chi connectivity index (χ3n) is 2.90. The van der Waals surface area contributed by atoms with Crippen molar-refractivity contribution in [1.29, 1.82) is 0 Å². The van der Waals surface area contributed by atoms with E-state index in [0.29, 0.717) is 0 Å². The van der Waals surface area contributed by atoms with Gasteiger partial charge in [-0.15, -0.1) is 0 Å². The molecule has 3 atom stereocenters. The lowest BCUT2D eigenvalue weighted by Gasteiger charge is -2.24. The van der Waals surface area contributed by atoms with Gasteiger partial charge in [-0.2, -0.15) is 0 Å². The molecular weight excluding hydrogens is 222 g/mol. The van der Waals surface area contributed by atoms with Crippen LogP contribution in [-0.2, 0) is 14.3 Å². The number of rotatable bonds is 1. The quantitative estimate of drug-likeness (QED) is 0.651. The predicted molar refractivity (Wildman–Crippen MR) is 60.0 cm³/mol. The second-order valence-electron chi connectivity index (χ2n) is 5.35. The van der Waals surface area contributed by atoms with Crippen molar-refractivity contribution in [2.45, 2.75) is 32.4 Å². The average Bonchev–Trinajstić information content (AvgIpc) is 2.74. The highest BCUT2D eigenvalue weighted by atomic mass is 16.6. The molecule has 5 heteroatoms. The van der Waals surface area contributed by atoms with Crippen LogP contribution < -0.4 is 0 Å². The lowest BCUT2D eigenvalue weighted by atomic mass is 10.2. The molecule has 1 heterocycles. The highest BCUT2D eigenvalue weighted by Crippen LogP contribution is 2.49. The first kappa shape index (κ1) is 12.0. The van der Waals surface area contributed by atoms with Crippen LogP contribution in [0.3, 0.4) is 0 Å². The fourth-order valence-electron chi connectivity index (χ4n) is 2.13. The van der Waals surface area contributed by atoms with Gasteiger partial charge in [0.15, 0.2) is 0 Å². The minimum atomic E-state index is -0.529. The van der Waals surface area contributed by atoms with Crippen LogP contribution in [0.4, 0.5) is 4.79 Å². The summed E-state index contributed by atoms with van der Waals surface area (Å²) in [6.07, 6.45) is 3.13. The molecule has 0 unspecified atom stereocenters. The van der Waals surface area contributed by atoms with E-state index in [2.05, 4.69) is 4.74 Å². The van der Waals surface area contributed by atoms with Crippen molar-refractivity contribution in [3.63, 3.8) is 0 Å². The molecule has 0 N–H and O–H groups in total. The van der Waals surface area contributed by atoms with Crippen LogP contribution in [0.15, 0.2) is 12.3 Å². The van der Waals surface area contributed by atoms with Gasteiger partial charge in [-0.25, -0.2) is 4.79 Å². The van der Waals surface area contributed by atoms with E-state index in [1.165, 1.54) is 12.0 Å². The van der Waals surface area contributed by atoms with Crippen molar-refractivity contribution >= 4 is 12.1 Å². The van der Waals surface area contributed by atoms with E-state index in [0.717, 1.165) is 0 Å². The second kappa shape index (κ2) is 3.75. The van der Waals surface area contributed by atoms with Crippen molar-refractivity contribution in [2.24, 2.45) is 11.8 Å². The average molecular weight is 239 g/mol. The van der Waals surface area contributed by atoms with Gasteiger partial charge in [-0.3, -0.25) is 9.69 Å². The number of hydrogen-bond acceptors (Lipinski definition) is 4. The van der Waals surface area contributed by atoms with Crippen LogP contribution in [0.2, 0.25) is 0 Å². The Hall–Kier alpha value is -1.52. The summed E-state index contributed by atoms with van der Waals surface area (Å²) in [6, 6.07) is -0.114. The van der Waals surface area contributed by atoms with Gasteiger partial charge in [-0.1, -0.05) is 6.08 Å². The van der Waals surface area contributed by atoms with Crippen LogP contribution >= 0.6 is 0 Å². The Balaban J connectivity index is 1.99. The number of ether oxygens (including phenoxy) is 2. The molecule has 0 bridgehead atoms. The molecule has 0 aromatic carbocycles. The molecular formula is C12H17NO4. The zero-order chi connectivity index (χ0) is 12.8. The van der Waals surface area contributed by atoms with Gasteiger partial charge in [-0.05, 0) is 20.8 Å². The Morgan fingerprint density at radius 2 is 1.94 bits per heavy atom. The van der Waals surface area contributed by atoms with E-state index in [9.17, 15) is 9.59 Å². The van der Waals surface area contributed by atoms with Crippen LogP contribution in [0, 0.1) is 11.8 Å². The molecule has 0 aromatic rings. The summed E-state index contributed by atoms with van der Waals surface area (Å²) in [6.45, 7) is 5.44. The maximum absolute atomic E-state index is 11.9. The van der Waals surface area contributed by atoms with E-state index < -0.39 is 11.7 Å². The van der Waals surface area contributed by atoms with Crippen molar-refractivity contribution in [1.82, 2.24) is 4.90 Å². The van der Waals surface area contributed by atoms with Gasteiger partial charge in [0.1, 0.15) is 5.60 Å². The minimum absolute atomic E-state index is 0.0926. The molecule has 1 saturated carbocycles. The number of carbonyl (C=O) groups excluding carboxylic acids is 2. The van der Waals surface area contributed by atoms with Crippen LogP contribution in [0.1, 0.15) is 20.8 Å². The van der Waals surface area contributed by atoms with E-state index in [1.54, 1.807) is 6.20 Å². The van der Waals surface area contributed by atoms with E-state index in [-0.39, 0.29) is 23.8 Å². The first-order chi connectivity index (χ1) is 7.85. The van der Waals surface area contributed by atoms with E-state index >= 15 is 0 Å². The zero-order valence-electron chi connectivity index (χ0n) is 10.5. The van der Waals surface area contributed by atoms with Gasteiger partial charge in [0.2, 0.25) is 0 Å². The fraction of sp³-hybridized carbons (Fsp3) is 0.667. The number of methoxy groups -OCH3 is 1. The molecule has 94 valence electrons. The first-order valence-electron chi connectivity index (χ1n) is 5.62. The third-order valence-corrected chi connectivity index (χ3v) is 2.90. The molecule has 17 heavy (non-hydrogen) atoms. The molecule has 1 fully saturated rings. The van der Waals surface area contributed by atoms with E-state index in [4.69, 9.17) is 4.74 Å². The zero-order valence-corrected chi connectivity index (χ0v) is 10.5. The third kappa shape index (κ3) is 2.14. The first-order valence-corrected chi connectivity index (χ1v) is 5.62. The number of fused-ring (bicyclic) bond motifs is 1. The summed E-state index contributed by atoms with van der Waals surface area (Å²) < 4.78 is 9.95. The van der Waals surface area contributed by atoms with Gasteiger partial charge in [0, 0.05) is 12.1 Å². The van der Waals surface area contributed by atoms with Crippen molar-refractivity contribution in [3.05, 3.63) is 12.3 Å². The van der Waals surface area contributed by atoms with Gasteiger partial charge in [0.05, 0.1) is 19.1 Å². The monoisotopic (exact) mass is 239 g/mol. The maximum atomic E-state index is 11.9. The smallest absolute Gasteiger partial charge is 0.414 e. The molecule has 0 spiro atoms. The summed E-state index contributed by atoms with van der Waals surface area (Å²) in [7, 11) is 1.36. The molecule has 2 rings (SSSR count). The lowest BCUT2D eigenvalue weighted by molar-refractivity contribution is -0.142. The fourth-order valence-corrected chi connectivity index (χ4v) is 2.13. The molecule has 0 aromatic heterocycles. The van der Waals surface area contributed by atoms with Crippen molar-refractivity contribution < 1.29 is 19.1 Å². The molecule has 0 saturated heterocycles. The lowest BCUT2D eigenvalue weighted by Crippen LogP contribution is -2.35. The molecule has 1 aliphatic carbocycles. The Morgan fingerprint density at radius 1 is 1.29 bits per heavy atom. The number of esters is 1. The highest BCUT2D eigenvalue weighted by molar-refractivity contribution is 5.82. The standard InChI is InChI=1S/C12H17NO4/c1-12(2,3)17-11(15)13-6-5-7-8(9(7)13)10(14)16-4/h5-9H,1-4H3/t7-,8-,9-/m1/s1. The molecule has 1 aliphatic heterocycles. The number of nitrogens with zero attached hydrogens (tertiary/aromatic N) is 1. The van der Waals surface area contributed by atoms with Crippen molar-refractivity contribution in [2.75, 3.05) is 7.11 Å². The van der Waals surface area contributed by atoms with Gasteiger partial charge < -0.3 is 9.47 Å². The Labute approximate surface area is 100 Å². The number of amides is 1. The number of hydrogen-bond donors (Lipinski definition) is 0. The Bertz CT molecular complexity index is 382. The topological polar surface area (TPSA) is 55.8 Å². The van der Waals surface area contributed by atoms with Crippen LogP contribution in [0.5, 0.6) is 0 Å². The normalized spacial score (nSPS) is 29.9. The Morgan fingerprint density at radius 3 is 2.47 bits per heavy atom. The Kier molecular flexibility index (Phi) is 2.64. The summed E-state index contributed by atoms with van der Waals surface area (Å²) in [4.78, 5) is 24.7. The summed E-state index contributed by atoms with van der Waals surface area (Å²) in [5.74, 6) is -0.398. The van der Waals surface area contributed by atoms with Crippen LogP contribution in [0.25, 0.3) is 0 Å². The second-order valence-corrected chi connectivity index (χ2v) is 5.35. The largest absolute Gasteiger partial charge is 0.469 e. The van der Waals surface area contributed by atoms with E-state index in [1.807, 2.05) is 26.8 Å². The molecule has 1 amide bonds. The summed E-state index contributed by atoms with van der Waals surface area (Å²) in [5.41, 5.74) is -0.529. The summed E-state index contributed by atoms with van der Waals surface area (Å²) in [5, 5.41) is 0. The minimum Gasteiger partial charge on any atom is -0.469 e. The highest BCUT2D eigenvalue weighted by Gasteiger charge is 2.61. The summed E-state index contributed by atoms with van der Waals surface area (Å²) >= 11 is 0.